The van der Waals surface area contributed by atoms with Crippen LogP contribution in [0, 0.1) is 11.8 Å². The van der Waals surface area contributed by atoms with Crippen molar-refractivity contribution in [2.24, 2.45) is 11.8 Å². The van der Waals surface area contributed by atoms with Gasteiger partial charge in [-0.25, -0.2) is 4.79 Å². The Balaban J connectivity index is 2.14. The summed E-state index contributed by atoms with van der Waals surface area (Å²) in [6.45, 7) is 2.28. The zero-order chi connectivity index (χ0) is 12.3. The molecule has 0 spiro atoms. The monoisotopic (exact) mass is 250 g/mol. The Morgan fingerprint density at radius 1 is 1.41 bits per heavy atom. The number of hydrogen-bond acceptors (Lipinski definition) is 2. The van der Waals surface area contributed by atoms with Crippen molar-refractivity contribution in [1.82, 2.24) is 0 Å². The predicted molar refractivity (Wildman–Crippen MR) is 71.1 cm³/mol. The Bertz CT molecular complexity index is 398. The Morgan fingerprint density at radius 2 is 2.12 bits per heavy atom. The van der Waals surface area contributed by atoms with Crippen LogP contribution in [0.2, 0.25) is 0 Å². The molecule has 2 nitrogen and oxygen atoms in total. The summed E-state index contributed by atoms with van der Waals surface area (Å²) in [6, 6.07) is 3.79. The Labute approximate surface area is 106 Å². The van der Waals surface area contributed by atoms with Gasteiger partial charge in [-0.2, -0.15) is 0 Å². The normalized spacial score (nSPS) is 25.8. The number of carboxylic acid groups (broad SMARTS) is 1. The van der Waals surface area contributed by atoms with E-state index in [9.17, 15) is 9.90 Å². The number of carboxylic acids is 1. The van der Waals surface area contributed by atoms with Crippen molar-refractivity contribution in [3.8, 4) is 0 Å². The highest BCUT2D eigenvalue weighted by atomic mass is 32.1. The highest BCUT2D eigenvalue weighted by Gasteiger charge is 2.19. The van der Waals surface area contributed by atoms with Gasteiger partial charge in [-0.1, -0.05) is 31.9 Å². The standard InChI is InChI=1S/C14H18O2S/c1-10-4-6-11(7-5-10)9-12(14(15)16)13-3-2-8-17-13/h2-3,8-11H,4-7H2,1H3,(H,15,16)/b12-9+. The van der Waals surface area contributed by atoms with E-state index in [0.717, 1.165) is 23.6 Å². The van der Waals surface area contributed by atoms with Gasteiger partial charge in [0.15, 0.2) is 0 Å². The van der Waals surface area contributed by atoms with Gasteiger partial charge in [0.2, 0.25) is 0 Å². The molecule has 1 aromatic heterocycles. The number of allylic oxidation sites excluding steroid dienone is 1. The van der Waals surface area contributed by atoms with Crippen LogP contribution in [0.15, 0.2) is 23.6 Å². The maximum absolute atomic E-state index is 11.3. The topological polar surface area (TPSA) is 37.3 Å². The van der Waals surface area contributed by atoms with Gasteiger partial charge < -0.3 is 5.11 Å². The van der Waals surface area contributed by atoms with E-state index >= 15 is 0 Å². The molecule has 92 valence electrons. The Morgan fingerprint density at radius 3 is 2.65 bits per heavy atom. The molecule has 2 rings (SSSR count). The molecule has 0 radical (unpaired) electrons. The first kappa shape index (κ1) is 12.4. The fourth-order valence-corrected chi connectivity index (χ4v) is 3.12. The maximum atomic E-state index is 11.3. The minimum absolute atomic E-state index is 0.444. The van der Waals surface area contributed by atoms with Gasteiger partial charge in [0, 0.05) is 4.88 Å². The lowest BCUT2D eigenvalue weighted by Crippen LogP contribution is -2.12. The Kier molecular flexibility index (Phi) is 4.00. The summed E-state index contributed by atoms with van der Waals surface area (Å²) in [5.41, 5.74) is 0.486. The number of thiophene rings is 1. The van der Waals surface area contributed by atoms with Crippen molar-refractivity contribution in [2.45, 2.75) is 32.6 Å². The molecule has 1 fully saturated rings. The van der Waals surface area contributed by atoms with E-state index in [1.54, 1.807) is 0 Å². The summed E-state index contributed by atoms with van der Waals surface area (Å²) in [7, 11) is 0. The highest BCUT2D eigenvalue weighted by Crippen LogP contribution is 2.32. The molecule has 0 unspecified atom stereocenters. The molecule has 1 heterocycles. The minimum atomic E-state index is -0.800. The van der Waals surface area contributed by atoms with E-state index in [-0.39, 0.29) is 0 Å². The van der Waals surface area contributed by atoms with Crippen molar-refractivity contribution in [2.75, 3.05) is 0 Å². The lowest BCUT2D eigenvalue weighted by molar-refractivity contribution is -0.130. The molecule has 0 atom stereocenters. The van der Waals surface area contributed by atoms with Crippen molar-refractivity contribution in [3.05, 3.63) is 28.5 Å². The average Bonchev–Trinajstić information content (AvgIpc) is 2.81. The molecule has 0 amide bonds. The third-order valence-electron chi connectivity index (χ3n) is 3.48. The second-order valence-corrected chi connectivity index (χ2v) is 5.83. The van der Waals surface area contributed by atoms with Crippen LogP contribution < -0.4 is 0 Å². The molecular formula is C14H18O2S. The number of aliphatic carboxylic acids is 1. The lowest BCUT2D eigenvalue weighted by atomic mass is 9.82. The van der Waals surface area contributed by atoms with E-state index in [1.807, 2.05) is 23.6 Å². The predicted octanol–water partition coefficient (Wildman–Crippen LogP) is 4.04. The van der Waals surface area contributed by atoms with E-state index in [0.29, 0.717) is 11.5 Å². The van der Waals surface area contributed by atoms with Gasteiger partial charge >= 0.3 is 5.97 Å². The van der Waals surface area contributed by atoms with Gasteiger partial charge in [-0.05, 0) is 36.1 Å². The van der Waals surface area contributed by atoms with Crippen LogP contribution >= 0.6 is 11.3 Å². The highest BCUT2D eigenvalue weighted by molar-refractivity contribution is 7.11. The molecule has 1 aliphatic carbocycles. The largest absolute Gasteiger partial charge is 0.478 e. The van der Waals surface area contributed by atoms with Gasteiger partial charge in [-0.15, -0.1) is 11.3 Å². The summed E-state index contributed by atoms with van der Waals surface area (Å²) in [5.74, 6) is 0.445. The summed E-state index contributed by atoms with van der Waals surface area (Å²) >= 11 is 1.50. The van der Waals surface area contributed by atoms with Crippen LogP contribution in [0.25, 0.3) is 5.57 Å². The van der Waals surface area contributed by atoms with E-state index in [2.05, 4.69) is 6.92 Å². The summed E-state index contributed by atoms with van der Waals surface area (Å²) in [6.07, 6.45) is 6.67. The molecular weight excluding hydrogens is 232 g/mol. The summed E-state index contributed by atoms with van der Waals surface area (Å²) < 4.78 is 0. The fraction of sp³-hybridized carbons (Fsp3) is 0.500. The zero-order valence-electron chi connectivity index (χ0n) is 10.1. The van der Waals surface area contributed by atoms with E-state index < -0.39 is 5.97 Å². The van der Waals surface area contributed by atoms with Crippen LogP contribution in [0.4, 0.5) is 0 Å². The van der Waals surface area contributed by atoms with Gasteiger partial charge in [-0.3, -0.25) is 0 Å². The molecule has 1 saturated carbocycles. The summed E-state index contributed by atoms with van der Waals surface area (Å²) in [4.78, 5) is 12.1. The van der Waals surface area contributed by atoms with E-state index in [1.165, 1.54) is 24.2 Å². The molecule has 1 N–H and O–H groups in total. The first-order valence-corrected chi connectivity index (χ1v) is 7.03. The molecule has 0 saturated heterocycles. The smallest absolute Gasteiger partial charge is 0.336 e. The van der Waals surface area contributed by atoms with Crippen LogP contribution in [0.1, 0.15) is 37.5 Å². The average molecular weight is 250 g/mol. The molecule has 3 heteroatoms. The molecule has 17 heavy (non-hydrogen) atoms. The number of hydrogen-bond donors (Lipinski definition) is 1. The van der Waals surface area contributed by atoms with Crippen LogP contribution in [0.3, 0.4) is 0 Å². The molecule has 0 bridgehead atoms. The van der Waals surface area contributed by atoms with Gasteiger partial charge in [0.25, 0.3) is 0 Å². The fourth-order valence-electron chi connectivity index (χ4n) is 2.38. The third-order valence-corrected chi connectivity index (χ3v) is 4.38. The maximum Gasteiger partial charge on any atom is 0.336 e. The first-order valence-electron chi connectivity index (χ1n) is 6.16. The number of rotatable bonds is 3. The second kappa shape index (κ2) is 5.50. The summed E-state index contributed by atoms with van der Waals surface area (Å²) in [5, 5.41) is 11.2. The van der Waals surface area contributed by atoms with E-state index in [4.69, 9.17) is 0 Å². The van der Waals surface area contributed by atoms with Crippen molar-refractivity contribution >= 4 is 22.9 Å². The number of carbonyl (C=O) groups is 1. The van der Waals surface area contributed by atoms with Crippen molar-refractivity contribution in [1.29, 1.82) is 0 Å². The van der Waals surface area contributed by atoms with Gasteiger partial charge in [0.05, 0.1) is 5.57 Å². The zero-order valence-corrected chi connectivity index (χ0v) is 10.9. The Hall–Kier alpha value is -1.09. The second-order valence-electron chi connectivity index (χ2n) is 4.88. The van der Waals surface area contributed by atoms with Gasteiger partial charge in [0.1, 0.15) is 0 Å². The van der Waals surface area contributed by atoms with Crippen LogP contribution in [-0.4, -0.2) is 11.1 Å². The minimum Gasteiger partial charge on any atom is -0.478 e. The van der Waals surface area contributed by atoms with Crippen LogP contribution in [-0.2, 0) is 4.79 Å². The molecule has 0 aromatic carbocycles. The lowest BCUT2D eigenvalue weighted by Gasteiger charge is -2.24. The molecule has 1 aromatic rings. The quantitative estimate of drug-likeness (QED) is 0.822. The third kappa shape index (κ3) is 3.19. The van der Waals surface area contributed by atoms with Crippen molar-refractivity contribution < 1.29 is 9.90 Å². The van der Waals surface area contributed by atoms with Crippen molar-refractivity contribution in [3.63, 3.8) is 0 Å². The molecule has 0 aliphatic heterocycles. The molecule has 1 aliphatic rings. The van der Waals surface area contributed by atoms with Crippen LogP contribution in [0.5, 0.6) is 0 Å². The first-order chi connectivity index (χ1) is 8.16. The SMILES string of the molecule is CC1CCC(/C=C(/C(=O)O)c2cccs2)CC1.